The van der Waals surface area contributed by atoms with Crippen molar-refractivity contribution < 1.29 is 32.2 Å². The lowest BCUT2D eigenvalue weighted by Gasteiger charge is -2.36. The van der Waals surface area contributed by atoms with Crippen molar-refractivity contribution >= 4 is 23.3 Å². The average Bonchev–Trinajstić information content (AvgIpc) is 2.66. The summed E-state index contributed by atoms with van der Waals surface area (Å²) in [5.41, 5.74) is -0.493. The number of hydrogen-bond acceptors (Lipinski definition) is 6. The summed E-state index contributed by atoms with van der Waals surface area (Å²) >= 11 is 0. The van der Waals surface area contributed by atoms with Crippen LogP contribution in [0.3, 0.4) is 0 Å². The van der Waals surface area contributed by atoms with Crippen molar-refractivity contribution in [3.63, 3.8) is 0 Å². The molecule has 0 N–H and O–H groups in total. The zero-order chi connectivity index (χ0) is 24.3. The standard InChI is InChI=1S/C22H32F3N3O4/c1-15(14-31-6)28(20(30)22(23,24)25)18-13-16(27-11-9-26(5)10-12-27)7-8-17(18)19(29)32-21(2,3)4/h7-8,13,15H,9-12,14H2,1-6H3/t15-/m1/s1. The lowest BCUT2D eigenvalue weighted by molar-refractivity contribution is -0.171. The zero-order valence-corrected chi connectivity index (χ0v) is 19.5. The molecular formula is C22H32F3N3O4. The smallest absolute Gasteiger partial charge is 0.456 e. The number of carbonyl (C=O) groups is 2. The molecule has 1 atom stereocenters. The Morgan fingerprint density at radius 2 is 1.72 bits per heavy atom. The number of methoxy groups -OCH3 is 1. The van der Waals surface area contributed by atoms with E-state index in [1.807, 2.05) is 11.9 Å². The van der Waals surface area contributed by atoms with Gasteiger partial charge in [-0.25, -0.2) is 4.79 Å². The zero-order valence-electron chi connectivity index (χ0n) is 19.5. The van der Waals surface area contributed by atoms with E-state index in [2.05, 4.69) is 4.90 Å². The third kappa shape index (κ3) is 6.59. The van der Waals surface area contributed by atoms with Gasteiger partial charge >= 0.3 is 18.1 Å². The maximum Gasteiger partial charge on any atom is 0.471 e. The van der Waals surface area contributed by atoms with Gasteiger partial charge in [-0.1, -0.05) is 0 Å². The maximum atomic E-state index is 13.5. The number of rotatable bonds is 6. The van der Waals surface area contributed by atoms with Gasteiger partial charge in [-0.15, -0.1) is 0 Å². The molecule has 1 aromatic carbocycles. The monoisotopic (exact) mass is 459 g/mol. The van der Waals surface area contributed by atoms with Crippen molar-refractivity contribution in [3.05, 3.63) is 23.8 Å². The summed E-state index contributed by atoms with van der Waals surface area (Å²) in [6, 6.07) is 3.58. The third-order valence-electron chi connectivity index (χ3n) is 5.04. The first-order valence-corrected chi connectivity index (χ1v) is 10.4. The van der Waals surface area contributed by atoms with E-state index < -0.39 is 29.7 Å². The van der Waals surface area contributed by atoms with Gasteiger partial charge in [0.05, 0.1) is 23.9 Å². The van der Waals surface area contributed by atoms with Crippen molar-refractivity contribution in [2.75, 3.05) is 56.7 Å². The average molecular weight is 460 g/mol. The second-order valence-corrected chi connectivity index (χ2v) is 8.97. The number of hydrogen-bond donors (Lipinski definition) is 0. The van der Waals surface area contributed by atoms with Crippen LogP contribution in [-0.2, 0) is 14.3 Å². The van der Waals surface area contributed by atoms with Gasteiger partial charge < -0.3 is 19.3 Å². The lowest BCUT2D eigenvalue weighted by atomic mass is 10.1. The Morgan fingerprint density at radius 3 is 2.22 bits per heavy atom. The topological polar surface area (TPSA) is 62.3 Å². The Kier molecular flexibility index (Phi) is 8.17. The Labute approximate surface area is 187 Å². The van der Waals surface area contributed by atoms with Crippen molar-refractivity contribution in [1.29, 1.82) is 0 Å². The molecule has 0 aromatic heterocycles. The van der Waals surface area contributed by atoms with Gasteiger partial charge in [0.1, 0.15) is 5.60 Å². The van der Waals surface area contributed by atoms with Gasteiger partial charge in [-0.3, -0.25) is 9.69 Å². The normalized spacial score (nSPS) is 16.6. The minimum Gasteiger partial charge on any atom is -0.456 e. The van der Waals surface area contributed by atoms with E-state index in [1.54, 1.807) is 26.8 Å². The molecule has 0 saturated carbocycles. The van der Waals surface area contributed by atoms with Gasteiger partial charge in [0.2, 0.25) is 0 Å². The van der Waals surface area contributed by atoms with Crippen molar-refractivity contribution in [1.82, 2.24) is 4.90 Å². The summed E-state index contributed by atoms with van der Waals surface area (Å²) in [4.78, 5) is 30.1. The highest BCUT2D eigenvalue weighted by Gasteiger charge is 2.45. The van der Waals surface area contributed by atoms with E-state index in [0.717, 1.165) is 13.1 Å². The molecule has 1 saturated heterocycles. The van der Waals surface area contributed by atoms with E-state index in [1.165, 1.54) is 26.2 Å². The quantitative estimate of drug-likeness (QED) is 0.609. The predicted molar refractivity (Wildman–Crippen MR) is 116 cm³/mol. The number of carbonyl (C=O) groups excluding carboxylic acids is 2. The molecule has 1 aliphatic rings. The van der Waals surface area contributed by atoms with E-state index in [4.69, 9.17) is 9.47 Å². The number of anilines is 2. The fraction of sp³-hybridized carbons (Fsp3) is 0.636. The summed E-state index contributed by atoms with van der Waals surface area (Å²) in [7, 11) is 3.33. The van der Waals surface area contributed by atoms with Gasteiger partial charge in [-0.05, 0) is 52.9 Å². The lowest BCUT2D eigenvalue weighted by Crippen LogP contribution is -2.49. The molecule has 1 aliphatic heterocycles. The number of alkyl halides is 3. The summed E-state index contributed by atoms with van der Waals surface area (Å²) in [6.07, 6.45) is -5.13. The molecule has 0 bridgehead atoms. The first-order valence-electron chi connectivity index (χ1n) is 10.4. The fourth-order valence-corrected chi connectivity index (χ4v) is 3.49. The minimum atomic E-state index is -5.13. The molecule has 32 heavy (non-hydrogen) atoms. The molecule has 180 valence electrons. The van der Waals surface area contributed by atoms with E-state index in [-0.39, 0.29) is 17.9 Å². The maximum absolute atomic E-state index is 13.5. The van der Waals surface area contributed by atoms with Crippen LogP contribution in [-0.4, -0.2) is 81.5 Å². The van der Waals surface area contributed by atoms with Gasteiger partial charge in [0.25, 0.3) is 0 Å². The molecule has 7 nitrogen and oxygen atoms in total. The Morgan fingerprint density at radius 1 is 1.12 bits per heavy atom. The number of benzene rings is 1. The second kappa shape index (κ2) is 10.1. The number of ether oxygens (including phenoxy) is 2. The molecule has 2 rings (SSSR count). The van der Waals surface area contributed by atoms with E-state index in [9.17, 15) is 22.8 Å². The highest BCUT2D eigenvalue weighted by molar-refractivity contribution is 6.05. The van der Waals surface area contributed by atoms with Crippen LogP contribution in [0, 0.1) is 0 Å². The summed E-state index contributed by atoms with van der Waals surface area (Å²) in [5.74, 6) is -2.87. The third-order valence-corrected chi connectivity index (χ3v) is 5.04. The van der Waals surface area contributed by atoms with Crippen LogP contribution >= 0.6 is 0 Å². The van der Waals surface area contributed by atoms with Crippen LogP contribution in [0.15, 0.2) is 18.2 Å². The number of nitrogens with zero attached hydrogens (tertiary/aromatic N) is 3. The summed E-state index contributed by atoms with van der Waals surface area (Å²) in [5, 5.41) is 0. The molecule has 1 aromatic rings. The number of esters is 1. The number of halogens is 3. The molecule has 0 unspecified atom stereocenters. The molecule has 0 radical (unpaired) electrons. The molecular weight excluding hydrogens is 427 g/mol. The molecule has 0 spiro atoms. The summed E-state index contributed by atoms with van der Waals surface area (Å²) in [6.45, 7) is 9.19. The van der Waals surface area contributed by atoms with Crippen molar-refractivity contribution in [2.45, 2.75) is 45.5 Å². The Bertz CT molecular complexity index is 816. The van der Waals surface area contributed by atoms with Gasteiger partial charge in [0, 0.05) is 39.0 Å². The Hall–Kier alpha value is -2.33. The van der Waals surface area contributed by atoms with E-state index >= 15 is 0 Å². The molecule has 0 aliphatic carbocycles. The molecule has 1 heterocycles. The van der Waals surface area contributed by atoms with Gasteiger partial charge in [-0.2, -0.15) is 13.2 Å². The van der Waals surface area contributed by atoms with Crippen molar-refractivity contribution in [2.24, 2.45) is 0 Å². The van der Waals surface area contributed by atoms with Gasteiger partial charge in [0.15, 0.2) is 0 Å². The number of amides is 1. The van der Waals surface area contributed by atoms with E-state index in [0.29, 0.717) is 23.7 Å². The molecule has 10 heteroatoms. The fourth-order valence-electron chi connectivity index (χ4n) is 3.49. The first-order chi connectivity index (χ1) is 14.7. The minimum absolute atomic E-state index is 0.113. The molecule has 1 fully saturated rings. The van der Waals surface area contributed by atoms with Crippen LogP contribution in [0.25, 0.3) is 0 Å². The van der Waals surface area contributed by atoms with Crippen LogP contribution in [0.1, 0.15) is 38.1 Å². The largest absolute Gasteiger partial charge is 0.471 e. The number of piperazine rings is 1. The molecule has 1 amide bonds. The first kappa shape index (κ1) is 25.9. The highest BCUT2D eigenvalue weighted by atomic mass is 19.4. The highest BCUT2D eigenvalue weighted by Crippen LogP contribution is 2.33. The van der Waals surface area contributed by atoms with Crippen LogP contribution < -0.4 is 9.80 Å². The number of likely N-dealkylation sites (N-methyl/N-ethyl adjacent to an activating group) is 1. The van der Waals surface area contributed by atoms with Crippen LogP contribution in [0.2, 0.25) is 0 Å². The Balaban J connectivity index is 2.61. The van der Waals surface area contributed by atoms with Crippen molar-refractivity contribution in [3.8, 4) is 0 Å². The summed E-state index contributed by atoms with van der Waals surface area (Å²) < 4.78 is 51.0. The van der Waals surface area contributed by atoms with Crippen LogP contribution in [0.4, 0.5) is 24.5 Å². The SMILES string of the molecule is COC[C@@H](C)N(C(=O)C(F)(F)F)c1cc(N2CCN(C)CC2)ccc1C(=O)OC(C)(C)C. The second-order valence-electron chi connectivity index (χ2n) is 8.97. The predicted octanol–water partition coefficient (Wildman–Crippen LogP) is 3.32. The van der Waals surface area contributed by atoms with Crippen LogP contribution in [0.5, 0.6) is 0 Å².